The highest BCUT2D eigenvalue weighted by Crippen LogP contribution is 1.94. The van der Waals surface area contributed by atoms with Crippen LogP contribution in [0, 0.1) is 0 Å². The topological polar surface area (TPSA) is 47.1 Å². The second-order valence-corrected chi connectivity index (χ2v) is 3.60. The molecule has 0 radical (unpaired) electrons. The number of hydrogen-bond donors (Lipinski definition) is 1. The highest BCUT2D eigenvalue weighted by molar-refractivity contribution is 4.73. The van der Waals surface area contributed by atoms with Crippen LogP contribution >= 0.6 is 0 Å². The zero-order valence-corrected chi connectivity index (χ0v) is 8.89. The van der Waals surface area contributed by atoms with Crippen molar-refractivity contribution in [1.29, 1.82) is 0 Å². The predicted octanol–water partition coefficient (Wildman–Crippen LogP) is 0.554. The fourth-order valence-corrected chi connectivity index (χ4v) is 1.42. The van der Waals surface area contributed by atoms with Gasteiger partial charge in [-0.1, -0.05) is 0 Å². The van der Waals surface area contributed by atoms with Gasteiger partial charge in [0.2, 0.25) is 0 Å². The van der Waals surface area contributed by atoms with E-state index in [1.165, 1.54) is 0 Å². The normalized spacial score (nSPS) is 11.1. The Morgan fingerprint density at radius 1 is 1.36 bits per heavy atom. The summed E-state index contributed by atoms with van der Waals surface area (Å²) in [5, 5.41) is 0. The molecule has 1 aromatic rings. The van der Waals surface area contributed by atoms with Gasteiger partial charge in [-0.05, 0) is 39.5 Å². The monoisotopic (exact) mass is 196 g/mol. The van der Waals surface area contributed by atoms with Crippen LogP contribution in [0.5, 0.6) is 0 Å². The van der Waals surface area contributed by atoms with Crippen LogP contribution in [0.15, 0.2) is 18.7 Å². The first-order valence-corrected chi connectivity index (χ1v) is 5.17. The molecular weight excluding hydrogens is 176 g/mol. The van der Waals surface area contributed by atoms with E-state index in [-0.39, 0.29) is 0 Å². The Hall–Kier alpha value is -0.870. The Bertz CT molecular complexity index is 220. The molecule has 0 saturated carbocycles. The van der Waals surface area contributed by atoms with Crippen molar-refractivity contribution in [1.82, 2.24) is 14.5 Å². The molecule has 4 heteroatoms. The second-order valence-electron chi connectivity index (χ2n) is 3.60. The lowest BCUT2D eigenvalue weighted by Crippen LogP contribution is -2.23. The zero-order valence-electron chi connectivity index (χ0n) is 8.89. The number of hydrogen-bond acceptors (Lipinski definition) is 3. The molecule has 14 heavy (non-hydrogen) atoms. The molecule has 0 atom stereocenters. The van der Waals surface area contributed by atoms with Gasteiger partial charge in [0.05, 0.1) is 6.33 Å². The lowest BCUT2D eigenvalue weighted by atomic mass is 10.3. The summed E-state index contributed by atoms with van der Waals surface area (Å²) in [6.45, 7) is 4.05. The van der Waals surface area contributed by atoms with E-state index < -0.39 is 0 Å². The summed E-state index contributed by atoms with van der Waals surface area (Å²) in [6, 6.07) is 0. The molecule has 0 aromatic carbocycles. The van der Waals surface area contributed by atoms with E-state index in [2.05, 4.69) is 21.5 Å². The predicted molar refractivity (Wildman–Crippen MR) is 58.0 cm³/mol. The molecule has 4 nitrogen and oxygen atoms in total. The molecule has 1 rings (SSSR count). The molecule has 0 fully saturated rings. The van der Waals surface area contributed by atoms with Crippen molar-refractivity contribution in [3.63, 3.8) is 0 Å². The number of aromatic nitrogens is 2. The first-order valence-electron chi connectivity index (χ1n) is 5.17. The summed E-state index contributed by atoms with van der Waals surface area (Å²) in [6.07, 6.45) is 7.93. The minimum Gasteiger partial charge on any atom is -0.337 e. The maximum absolute atomic E-state index is 5.44. The second kappa shape index (κ2) is 6.56. The SMILES string of the molecule is CN(CCCN)CCCn1ccnc1. The van der Waals surface area contributed by atoms with E-state index in [4.69, 9.17) is 5.73 Å². The maximum Gasteiger partial charge on any atom is 0.0945 e. The average Bonchev–Trinajstić information content (AvgIpc) is 2.67. The van der Waals surface area contributed by atoms with Crippen molar-refractivity contribution in [2.75, 3.05) is 26.7 Å². The van der Waals surface area contributed by atoms with Gasteiger partial charge < -0.3 is 15.2 Å². The van der Waals surface area contributed by atoms with Crippen LogP contribution in [0.4, 0.5) is 0 Å². The van der Waals surface area contributed by atoms with Crippen molar-refractivity contribution >= 4 is 0 Å². The van der Waals surface area contributed by atoms with Crippen LogP contribution in [-0.2, 0) is 6.54 Å². The smallest absolute Gasteiger partial charge is 0.0945 e. The maximum atomic E-state index is 5.44. The summed E-state index contributed by atoms with van der Waals surface area (Å²) in [4.78, 5) is 6.33. The molecule has 2 N–H and O–H groups in total. The van der Waals surface area contributed by atoms with Gasteiger partial charge in [-0.2, -0.15) is 0 Å². The fourth-order valence-electron chi connectivity index (χ4n) is 1.42. The quantitative estimate of drug-likeness (QED) is 0.693. The van der Waals surface area contributed by atoms with Gasteiger partial charge in [-0.3, -0.25) is 0 Å². The molecule has 0 aliphatic rings. The highest BCUT2D eigenvalue weighted by atomic mass is 15.1. The van der Waals surface area contributed by atoms with Crippen LogP contribution < -0.4 is 5.73 Å². The molecule has 0 bridgehead atoms. The number of nitrogens with two attached hydrogens (primary N) is 1. The lowest BCUT2D eigenvalue weighted by molar-refractivity contribution is 0.319. The van der Waals surface area contributed by atoms with Gasteiger partial charge in [0.15, 0.2) is 0 Å². The van der Waals surface area contributed by atoms with Crippen LogP contribution in [0.3, 0.4) is 0 Å². The van der Waals surface area contributed by atoms with Gasteiger partial charge in [0.25, 0.3) is 0 Å². The minimum atomic E-state index is 0.784. The molecule has 1 aromatic heterocycles. The summed E-state index contributed by atoms with van der Waals surface area (Å²) < 4.78 is 2.11. The van der Waals surface area contributed by atoms with Gasteiger partial charge >= 0.3 is 0 Å². The average molecular weight is 196 g/mol. The molecule has 0 saturated heterocycles. The Kier molecular flexibility index (Phi) is 5.25. The van der Waals surface area contributed by atoms with Crippen molar-refractivity contribution in [2.45, 2.75) is 19.4 Å². The van der Waals surface area contributed by atoms with E-state index in [0.717, 1.165) is 39.0 Å². The van der Waals surface area contributed by atoms with Crippen molar-refractivity contribution in [2.24, 2.45) is 5.73 Å². The summed E-state index contributed by atoms with van der Waals surface area (Å²) in [5.74, 6) is 0. The van der Waals surface area contributed by atoms with E-state index in [9.17, 15) is 0 Å². The van der Waals surface area contributed by atoms with E-state index in [0.29, 0.717) is 0 Å². The first kappa shape index (κ1) is 11.2. The summed E-state index contributed by atoms with van der Waals surface area (Å²) in [5.41, 5.74) is 5.44. The van der Waals surface area contributed by atoms with Crippen LogP contribution in [0.2, 0.25) is 0 Å². The number of rotatable bonds is 7. The molecule has 1 heterocycles. The number of aryl methyl sites for hydroxylation is 1. The first-order chi connectivity index (χ1) is 6.83. The van der Waals surface area contributed by atoms with Crippen LogP contribution in [-0.4, -0.2) is 41.1 Å². The van der Waals surface area contributed by atoms with Crippen molar-refractivity contribution < 1.29 is 0 Å². The molecule has 0 amide bonds. The Morgan fingerprint density at radius 2 is 2.14 bits per heavy atom. The number of nitrogens with zero attached hydrogens (tertiary/aromatic N) is 3. The Morgan fingerprint density at radius 3 is 2.79 bits per heavy atom. The van der Waals surface area contributed by atoms with Gasteiger partial charge in [0.1, 0.15) is 0 Å². The van der Waals surface area contributed by atoms with E-state index in [1.54, 1.807) is 0 Å². The largest absolute Gasteiger partial charge is 0.337 e. The van der Waals surface area contributed by atoms with E-state index >= 15 is 0 Å². The summed E-state index contributed by atoms with van der Waals surface area (Å²) >= 11 is 0. The van der Waals surface area contributed by atoms with Crippen LogP contribution in [0.25, 0.3) is 0 Å². The molecule has 0 spiro atoms. The molecule has 0 aliphatic heterocycles. The summed E-state index contributed by atoms with van der Waals surface area (Å²) in [7, 11) is 2.14. The van der Waals surface area contributed by atoms with Crippen molar-refractivity contribution in [3.8, 4) is 0 Å². The molecular formula is C10H20N4. The van der Waals surface area contributed by atoms with Gasteiger partial charge in [-0.25, -0.2) is 4.98 Å². The zero-order chi connectivity index (χ0) is 10.2. The third-order valence-corrected chi connectivity index (χ3v) is 2.26. The van der Waals surface area contributed by atoms with Crippen molar-refractivity contribution in [3.05, 3.63) is 18.7 Å². The highest BCUT2D eigenvalue weighted by Gasteiger charge is 1.97. The van der Waals surface area contributed by atoms with Crippen LogP contribution in [0.1, 0.15) is 12.8 Å². The molecule has 80 valence electrons. The van der Waals surface area contributed by atoms with Gasteiger partial charge in [0, 0.05) is 18.9 Å². The van der Waals surface area contributed by atoms with Gasteiger partial charge in [-0.15, -0.1) is 0 Å². The fraction of sp³-hybridized carbons (Fsp3) is 0.700. The number of imidazole rings is 1. The Balaban J connectivity index is 2.03. The Labute approximate surface area is 85.7 Å². The molecule has 0 unspecified atom stereocenters. The minimum absolute atomic E-state index is 0.784. The lowest BCUT2D eigenvalue weighted by Gasteiger charge is -2.15. The molecule has 0 aliphatic carbocycles. The third-order valence-electron chi connectivity index (χ3n) is 2.26. The standard InChI is InChI=1S/C10H20N4/c1-13(6-2-4-11)7-3-8-14-9-5-12-10-14/h5,9-10H,2-4,6-8,11H2,1H3. The van der Waals surface area contributed by atoms with E-state index in [1.807, 2.05) is 18.7 Å². The third kappa shape index (κ3) is 4.39.